The van der Waals surface area contributed by atoms with E-state index in [9.17, 15) is 14.7 Å². The van der Waals surface area contributed by atoms with E-state index in [1.165, 1.54) is 39.0 Å². The molecule has 42 heavy (non-hydrogen) atoms. The van der Waals surface area contributed by atoms with Gasteiger partial charge in [0, 0.05) is 42.6 Å². The van der Waals surface area contributed by atoms with Gasteiger partial charge in [-0.3, -0.25) is 9.59 Å². The molecule has 1 heterocycles. The average Bonchev–Trinajstić information content (AvgIpc) is 2.97. The average molecular weight is 572 g/mol. The highest BCUT2D eigenvalue weighted by Gasteiger charge is 2.49. The molecule has 5 rings (SSSR count). The number of benzene rings is 2. The summed E-state index contributed by atoms with van der Waals surface area (Å²) in [5, 5.41) is 21.3. The van der Waals surface area contributed by atoms with Crippen molar-refractivity contribution in [2.24, 2.45) is 5.73 Å². The van der Waals surface area contributed by atoms with Crippen molar-refractivity contribution in [2.45, 2.75) is 96.2 Å². The SMILES string of the molecule is CC(=O)Nc1cc(-c2ccccc2)c(-c2ccc(C3(N)CC(C)(O)C3)cc2)nn1.CCC(=O)N(CC)C1CCCCC1. The molecule has 1 aromatic heterocycles. The predicted molar refractivity (Wildman–Crippen MR) is 167 cm³/mol. The minimum Gasteiger partial charge on any atom is -0.390 e. The zero-order valence-electron chi connectivity index (χ0n) is 25.4. The Bertz CT molecular complexity index is 1340. The molecule has 0 atom stereocenters. The second kappa shape index (κ2) is 13.6. The first-order valence-electron chi connectivity index (χ1n) is 15.2. The lowest BCUT2D eigenvalue weighted by molar-refractivity contribution is -0.133. The molecule has 0 aliphatic heterocycles. The van der Waals surface area contributed by atoms with Crippen LogP contribution in [0.1, 0.15) is 84.6 Å². The zero-order valence-corrected chi connectivity index (χ0v) is 25.4. The molecular weight excluding hydrogens is 526 g/mol. The molecule has 2 aliphatic rings. The number of amides is 2. The molecular formula is C34H45N5O3. The summed E-state index contributed by atoms with van der Waals surface area (Å²) in [6.45, 7) is 8.18. The lowest BCUT2D eigenvalue weighted by atomic mass is 9.63. The van der Waals surface area contributed by atoms with Gasteiger partial charge in [0.25, 0.3) is 0 Å². The van der Waals surface area contributed by atoms with E-state index >= 15 is 0 Å². The third-order valence-electron chi connectivity index (χ3n) is 8.29. The largest absolute Gasteiger partial charge is 0.390 e. The maximum absolute atomic E-state index is 11.6. The van der Waals surface area contributed by atoms with Crippen LogP contribution in [0.5, 0.6) is 0 Å². The highest BCUT2D eigenvalue weighted by molar-refractivity contribution is 5.90. The summed E-state index contributed by atoms with van der Waals surface area (Å²) >= 11 is 0. The molecule has 2 aliphatic carbocycles. The van der Waals surface area contributed by atoms with Gasteiger partial charge >= 0.3 is 0 Å². The summed E-state index contributed by atoms with van der Waals surface area (Å²) in [6.07, 6.45) is 8.15. The number of nitrogens with zero attached hydrogens (tertiary/aromatic N) is 3. The summed E-state index contributed by atoms with van der Waals surface area (Å²) < 4.78 is 0. The van der Waals surface area contributed by atoms with Crippen LogP contribution in [-0.4, -0.2) is 50.2 Å². The molecule has 2 aromatic carbocycles. The number of hydrogen-bond donors (Lipinski definition) is 3. The third kappa shape index (κ3) is 7.61. The molecule has 0 spiro atoms. The fraction of sp³-hybridized carbons (Fsp3) is 0.471. The maximum Gasteiger partial charge on any atom is 0.222 e. The Morgan fingerprint density at radius 2 is 1.62 bits per heavy atom. The number of anilines is 1. The standard InChI is InChI=1S/C23H24N4O2.C11H21NO/c1-15(28)25-20-12-19(16-6-4-3-5-7-16)21(27-26-20)17-8-10-18(11-9-17)23(24)13-22(2,29)14-23;1-3-11(13)12(4-2)10-8-6-5-7-9-10/h3-12,29H,13-14,24H2,1-2H3,(H,25,26,28);10H,3-9H2,1-2H3. The van der Waals surface area contributed by atoms with E-state index in [2.05, 4.69) is 27.3 Å². The van der Waals surface area contributed by atoms with E-state index in [0.717, 1.165) is 34.5 Å². The second-order valence-corrected chi connectivity index (χ2v) is 11.9. The van der Waals surface area contributed by atoms with E-state index in [-0.39, 0.29) is 5.91 Å². The van der Waals surface area contributed by atoms with Crippen LogP contribution in [0.25, 0.3) is 22.4 Å². The molecule has 4 N–H and O–H groups in total. The summed E-state index contributed by atoms with van der Waals surface area (Å²) in [4.78, 5) is 25.1. The van der Waals surface area contributed by atoms with Gasteiger partial charge < -0.3 is 21.1 Å². The molecule has 2 saturated carbocycles. The van der Waals surface area contributed by atoms with Gasteiger partial charge in [-0.05, 0) is 56.7 Å². The lowest BCUT2D eigenvalue weighted by Crippen LogP contribution is -2.58. The molecule has 2 fully saturated rings. The van der Waals surface area contributed by atoms with E-state index in [1.54, 1.807) is 0 Å². The van der Waals surface area contributed by atoms with Crippen molar-refractivity contribution in [1.82, 2.24) is 15.1 Å². The Morgan fingerprint density at radius 3 is 2.17 bits per heavy atom. The van der Waals surface area contributed by atoms with Crippen LogP contribution in [0.4, 0.5) is 5.82 Å². The fourth-order valence-corrected chi connectivity index (χ4v) is 6.39. The zero-order chi connectivity index (χ0) is 30.3. The minimum atomic E-state index is -0.696. The molecule has 3 aromatic rings. The molecule has 8 nitrogen and oxygen atoms in total. The molecule has 0 radical (unpaired) electrons. The summed E-state index contributed by atoms with van der Waals surface area (Å²) in [5.41, 5.74) is 9.75. The smallest absolute Gasteiger partial charge is 0.222 e. The first-order chi connectivity index (χ1) is 20.0. The molecule has 2 amide bonds. The Kier molecular flexibility index (Phi) is 10.1. The van der Waals surface area contributed by atoms with Gasteiger partial charge in [0.2, 0.25) is 11.8 Å². The summed E-state index contributed by atoms with van der Waals surface area (Å²) in [5.74, 6) is 0.545. The molecule has 0 bridgehead atoms. The second-order valence-electron chi connectivity index (χ2n) is 11.9. The number of carbonyl (C=O) groups excluding carboxylic acids is 2. The van der Waals surface area contributed by atoms with E-state index in [1.807, 2.05) is 74.5 Å². The van der Waals surface area contributed by atoms with E-state index in [4.69, 9.17) is 5.73 Å². The maximum atomic E-state index is 11.6. The van der Waals surface area contributed by atoms with E-state index < -0.39 is 11.1 Å². The molecule has 8 heteroatoms. The van der Waals surface area contributed by atoms with Crippen molar-refractivity contribution in [3.63, 3.8) is 0 Å². The number of aliphatic hydroxyl groups is 1. The van der Waals surface area contributed by atoms with Crippen LogP contribution < -0.4 is 11.1 Å². The predicted octanol–water partition coefficient (Wildman–Crippen LogP) is 6.05. The molecule has 0 saturated heterocycles. The highest BCUT2D eigenvalue weighted by atomic mass is 16.3. The Hall–Kier alpha value is -3.62. The number of carbonyl (C=O) groups is 2. The minimum absolute atomic E-state index is 0.194. The number of rotatable bonds is 7. The quantitative estimate of drug-likeness (QED) is 0.318. The normalized spacial score (nSPS) is 21.9. The number of hydrogen-bond acceptors (Lipinski definition) is 6. The van der Waals surface area contributed by atoms with Gasteiger partial charge in [-0.25, -0.2) is 0 Å². The van der Waals surface area contributed by atoms with Crippen molar-refractivity contribution < 1.29 is 14.7 Å². The molecule has 0 unspecified atom stereocenters. The number of nitrogens with two attached hydrogens (primary N) is 1. The van der Waals surface area contributed by atoms with Crippen molar-refractivity contribution in [2.75, 3.05) is 11.9 Å². The van der Waals surface area contributed by atoms with Gasteiger partial charge in [-0.15, -0.1) is 10.2 Å². The topological polar surface area (TPSA) is 121 Å². The Balaban J connectivity index is 0.000000262. The van der Waals surface area contributed by atoms with Crippen LogP contribution in [0.2, 0.25) is 0 Å². The first-order valence-corrected chi connectivity index (χ1v) is 15.2. The monoisotopic (exact) mass is 571 g/mol. The van der Waals surface area contributed by atoms with E-state index in [0.29, 0.717) is 37.0 Å². The fourth-order valence-electron chi connectivity index (χ4n) is 6.39. The van der Waals surface area contributed by atoms with Crippen molar-refractivity contribution >= 4 is 17.6 Å². The van der Waals surface area contributed by atoms with Crippen LogP contribution in [-0.2, 0) is 15.1 Å². The number of nitrogens with one attached hydrogen (secondary N) is 1. The van der Waals surface area contributed by atoms with Gasteiger partial charge in [-0.2, -0.15) is 0 Å². The van der Waals surface area contributed by atoms with Crippen LogP contribution in [0.15, 0.2) is 60.7 Å². The Morgan fingerprint density at radius 1 is 0.976 bits per heavy atom. The lowest BCUT2D eigenvalue weighted by Gasteiger charge is -2.49. The summed E-state index contributed by atoms with van der Waals surface area (Å²) in [6, 6.07) is 20.2. The van der Waals surface area contributed by atoms with Gasteiger partial charge in [0.15, 0.2) is 5.82 Å². The van der Waals surface area contributed by atoms with Crippen molar-refractivity contribution in [3.05, 3.63) is 66.2 Å². The molecule has 224 valence electrons. The Labute approximate surface area is 249 Å². The van der Waals surface area contributed by atoms with Crippen LogP contribution in [0, 0.1) is 0 Å². The van der Waals surface area contributed by atoms with Gasteiger partial charge in [0.1, 0.15) is 5.69 Å². The van der Waals surface area contributed by atoms with Crippen LogP contribution in [0.3, 0.4) is 0 Å². The third-order valence-corrected chi connectivity index (χ3v) is 8.29. The highest BCUT2D eigenvalue weighted by Crippen LogP contribution is 2.46. The summed E-state index contributed by atoms with van der Waals surface area (Å²) in [7, 11) is 0. The van der Waals surface area contributed by atoms with Gasteiger partial charge in [0.05, 0.1) is 5.60 Å². The van der Waals surface area contributed by atoms with Crippen molar-refractivity contribution in [3.8, 4) is 22.4 Å². The van der Waals surface area contributed by atoms with Gasteiger partial charge in [-0.1, -0.05) is 80.8 Å². The van der Waals surface area contributed by atoms with Crippen molar-refractivity contribution in [1.29, 1.82) is 0 Å². The van der Waals surface area contributed by atoms with Crippen LogP contribution >= 0.6 is 0 Å². The number of aromatic nitrogens is 2. The first kappa shape index (κ1) is 31.3.